The number of nitrogens with two attached hydrogens (primary N) is 1. The van der Waals surface area contributed by atoms with Crippen molar-refractivity contribution in [2.24, 2.45) is 5.73 Å². The summed E-state index contributed by atoms with van der Waals surface area (Å²) in [6, 6.07) is 1.88. The van der Waals surface area contributed by atoms with Gasteiger partial charge in [-0.15, -0.1) is 0 Å². The van der Waals surface area contributed by atoms with E-state index in [0.29, 0.717) is 18.0 Å². The van der Waals surface area contributed by atoms with E-state index in [2.05, 4.69) is 0 Å². The summed E-state index contributed by atoms with van der Waals surface area (Å²) in [6.45, 7) is 6.95. The molecule has 0 aromatic carbocycles. The van der Waals surface area contributed by atoms with E-state index in [1.807, 2.05) is 25.3 Å². The second-order valence-electron chi connectivity index (χ2n) is 5.05. The standard InChI is InChI=1S/C13H25N3O2S/c1-5-6-7-15(4)19(17,18)13-8-12(9-14)16(10-13)11(2)3/h8,10-11H,5-7,9,14H2,1-4H3. The summed E-state index contributed by atoms with van der Waals surface area (Å²) in [5, 5.41) is 0. The summed E-state index contributed by atoms with van der Waals surface area (Å²) in [7, 11) is -1.77. The maximum Gasteiger partial charge on any atom is 0.244 e. The van der Waals surface area contributed by atoms with E-state index in [0.717, 1.165) is 18.5 Å². The zero-order valence-corrected chi connectivity index (χ0v) is 13.1. The van der Waals surface area contributed by atoms with Crippen LogP contribution < -0.4 is 5.73 Å². The van der Waals surface area contributed by atoms with Crippen molar-refractivity contribution in [3.05, 3.63) is 18.0 Å². The Morgan fingerprint density at radius 3 is 2.47 bits per heavy atom. The first-order valence-electron chi connectivity index (χ1n) is 6.71. The van der Waals surface area contributed by atoms with Gasteiger partial charge in [0.2, 0.25) is 10.0 Å². The fourth-order valence-electron chi connectivity index (χ4n) is 1.96. The number of rotatable bonds is 7. The van der Waals surface area contributed by atoms with Crippen molar-refractivity contribution in [3.8, 4) is 0 Å². The summed E-state index contributed by atoms with van der Waals surface area (Å²) in [5.41, 5.74) is 6.52. The Bertz CT molecular complexity index is 506. The third-order valence-electron chi connectivity index (χ3n) is 3.21. The van der Waals surface area contributed by atoms with Gasteiger partial charge < -0.3 is 10.3 Å². The maximum absolute atomic E-state index is 12.4. The molecule has 110 valence electrons. The van der Waals surface area contributed by atoms with Gasteiger partial charge in [-0.05, 0) is 26.3 Å². The first-order chi connectivity index (χ1) is 8.84. The molecule has 0 saturated heterocycles. The quantitative estimate of drug-likeness (QED) is 0.833. The van der Waals surface area contributed by atoms with Crippen LogP contribution in [0.15, 0.2) is 17.2 Å². The van der Waals surface area contributed by atoms with Crippen molar-refractivity contribution in [1.29, 1.82) is 0 Å². The molecule has 0 bridgehead atoms. The predicted octanol–water partition coefficient (Wildman–Crippen LogP) is 1.95. The van der Waals surface area contributed by atoms with Crippen molar-refractivity contribution < 1.29 is 8.42 Å². The molecule has 0 spiro atoms. The highest BCUT2D eigenvalue weighted by atomic mass is 32.2. The molecule has 0 saturated carbocycles. The van der Waals surface area contributed by atoms with Crippen molar-refractivity contribution in [3.63, 3.8) is 0 Å². The summed E-state index contributed by atoms with van der Waals surface area (Å²) in [5.74, 6) is 0. The largest absolute Gasteiger partial charge is 0.346 e. The molecule has 0 amide bonds. The van der Waals surface area contributed by atoms with Crippen molar-refractivity contribution >= 4 is 10.0 Å². The molecule has 6 heteroatoms. The Morgan fingerprint density at radius 1 is 1.42 bits per heavy atom. The Kier molecular flexibility index (Phi) is 5.58. The zero-order valence-electron chi connectivity index (χ0n) is 12.3. The molecule has 0 aliphatic heterocycles. The van der Waals surface area contributed by atoms with Crippen LogP contribution in [0.2, 0.25) is 0 Å². The van der Waals surface area contributed by atoms with Crippen LogP contribution in [0.4, 0.5) is 0 Å². The maximum atomic E-state index is 12.4. The van der Waals surface area contributed by atoms with Crippen LogP contribution in [0.1, 0.15) is 45.3 Å². The third kappa shape index (κ3) is 3.58. The van der Waals surface area contributed by atoms with E-state index < -0.39 is 10.0 Å². The van der Waals surface area contributed by atoms with Crippen molar-refractivity contribution in [2.75, 3.05) is 13.6 Å². The molecule has 1 aromatic heterocycles. The predicted molar refractivity (Wildman–Crippen MR) is 77.4 cm³/mol. The van der Waals surface area contributed by atoms with E-state index >= 15 is 0 Å². The number of unbranched alkanes of at least 4 members (excludes halogenated alkanes) is 1. The average Bonchev–Trinajstić information content (AvgIpc) is 2.80. The Balaban J connectivity index is 3.08. The molecule has 0 aliphatic carbocycles. The molecule has 0 radical (unpaired) electrons. The Labute approximate surface area is 116 Å². The molecule has 0 atom stereocenters. The van der Waals surface area contributed by atoms with E-state index in [1.54, 1.807) is 19.3 Å². The topological polar surface area (TPSA) is 68.3 Å². The minimum Gasteiger partial charge on any atom is -0.346 e. The lowest BCUT2D eigenvalue weighted by atomic mass is 10.3. The van der Waals surface area contributed by atoms with Crippen molar-refractivity contribution in [1.82, 2.24) is 8.87 Å². The molecule has 5 nitrogen and oxygen atoms in total. The van der Waals surface area contributed by atoms with E-state index in [-0.39, 0.29) is 6.04 Å². The van der Waals surface area contributed by atoms with Gasteiger partial charge in [0.15, 0.2) is 0 Å². The zero-order chi connectivity index (χ0) is 14.6. The van der Waals surface area contributed by atoms with Crippen LogP contribution >= 0.6 is 0 Å². The number of hydrogen-bond donors (Lipinski definition) is 1. The fraction of sp³-hybridized carbons (Fsp3) is 0.692. The smallest absolute Gasteiger partial charge is 0.244 e. The first kappa shape index (κ1) is 16.2. The van der Waals surface area contributed by atoms with Crippen LogP contribution in [0.25, 0.3) is 0 Å². The molecule has 1 aromatic rings. The molecule has 0 aliphatic rings. The van der Waals surface area contributed by atoms with Gasteiger partial charge in [-0.25, -0.2) is 12.7 Å². The van der Waals surface area contributed by atoms with Crippen molar-refractivity contribution in [2.45, 2.75) is 51.1 Å². The molecule has 1 heterocycles. The lowest BCUT2D eigenvalue weighted by Gasteiger charge is -2.15. The average molecular weight is 287 g/mol. The van der Waals surface area contributed by atoms with E-state index in [1.165, 1.54) is 4.31 Å². The normalized spacial score (nSPS) is 12.6. The van der Waals surface area contributed by atoms with Gasteiger partial charge >= 0.3 is 0 Å². The summed E-state index contributed by atoms with van der Waals surface area (Å²) in [6.07, 6.45) is 3.52. The van der Waals surface area contributed by atoms with Gasteiger partial charge in [0.05, 0.1) is 0 Å². The molecule has 0 unspecified atom stereocenters. The first-order valence-corrected chi connectivity index (χ1v) is 8.15. The summed E-state index contributed by atoms with van der Waals surface area (Å²) >= 11 is 0. The SMILES string of the molecule is CCCCN(C)S(=O)(=O)c1cc(CN)n(C(C)C)c1. The third-order valence-corrected chi connectivity index (χ3v) is 5.03. The minimum atomic E-state index is -3.40. The second-order valence-corrected chi connectivity index (χ2v) is 7.10. The van der Waals surface area contributed by atoms with Crippen LogP contribution in [0.5, 0.6) is 0 Å². The van der Waals surface area contributed by atoms with Gasteiger partial charge in [-0.3, -0.25) is 0 Å². The van der Waals surface area contributed by atoms with E-state index in [4.69, 9.17) is 5.73 Å². The van der Waals surface area contributed by atoms with Gasteiger partial charge in [-0.1, -0.05) is 13.3 Å². The highest BCUT2D eigenvalue weighted by Gasteiger charge is 2.23. The van der Waals surface area contributed by atoms with Crippen LogP contribution in [-0.4, -0.2) is 30.9 Å². The second kappa shape index (κ2) is 6.54. The Morgan fingerprint density at radius 2 is 2.05 bits per heavy atom. The Hall–Kier alpha value is -0.850. The van der Waals surface area contributed by atoms with Crippen LogP contribution in [0, 0.1) is 0 Å². The number of nitrogens with zero attached hydrogens (tertiary/aromatic N) is 2. The lowest BCUT2D eigenvalue weighted by molar-refractivity contribution is 0.459. The number of sulfonamides is 1. The van der Waals surface area contributed by atoms with Gasteiger partial charge in [0.25, 0.3) is 0 Å². The fourth-order valence-corrected chi connectivity index (χ4v) is 3.22. The molecular formula is C13H25N3O2S. The lowest BCUT2D eigenvalue weighted by Crippen LogP contribution is -2.27. The van der Waals surface area contributed by atoms with Crippen LogP contribution in [0.3, 0.4) is 0 Å². The molecule has 2 N–H and O–H groups in total. The van der Waals surface area contributed by atoms with Gasteiger partial charge in [0.1, 0.15) is 4.90 Å². The highest BCUT2D eigenvalue weighted by Crippen LogP contribution is 2.21. The van der Waals surface area contributed by atoms with Gasteiger partial charge in [-0.2, -0.15) is 0 Å². The van der Waals surface area contributed by atoms with Crippen LogP contribution in [-0.2, 0) is 16.6 Å². The van der Waals surface area contributed by atoms with E-state index in [9.17, 15) is 8.42 Å². The molecular weight excluding hydrogens is 262 g/mol. The molecule has 1 rings (SSSR count). The number of aromatic nitrogens is 1. The number of hydrogen-bond acceptors (Lipinski definition) is 3. The summed E-state index contributed by atoms with van der Waals surface area (Å²) in [4.78, 5) is 0.334. The molecule has 0 fully saturated rings. The molecule has 19 heavy (non-hydrogen) atoms. The minimum absolute atomic E-state index is 0.198. The van der Waals surface area contributed by atoms with Gasteiger partial charge in [0, 0.05) is 38.1 Å². The monoisotopic (exact) mass is 287 g/mol. The highest BCUT2D eigenvalue weighted by molar-refractivity contribution is 7.89. The summed E-state index contributed by atoms with van der Waals surface area (Å²) < 4.78 is 28.2.